The SMILES string of the molecule is CN(CC(=O)Nc1ccc(Br)cn1)CC1(O)CCOCC1. The quantitative estimate of drug-likeness (QED) is 0.829. The Bertz CT molecular complexity index is 475. The third-order valence-corrected chi connectivity index (χ3v) is 3.87. The number of rotatable bonds is 5. The second-order valence-corrected chi connectivity index (χ2v) is 6.33. The summed E-state index contributed by atoms with van der Waals surface area (Å²) in [6, 6.07) is 3.55. The summed E-state index contributed by atoms with van der Waals surface area (Å²) < 4.78 is 6.11. The molecular weight excluding hydrogens is 338 g/mol. The Morgan fingerprint density at radius 1 is 1.52 bits per heavy atom. The van der Waals surface area contributed by atoms with E-state index in [1.165, 1.54) is 0 Å². The molecule has 2 N–H and O–H groups in total. The van der Waals surface area contributed by atoms with Crippen molar-refractivity contribution in [2.45, 2.75) is 18.4 Å². The molecule has 0 aliphatic carbocycles. The summed E-state index contributed by atoms with van der Waals surface area (Å²) in [4.78, 5) is 17.9. The summed E-state index contributed by atoms with van der Waals surface area (Å²) in [7, 11) is 1.82. The van der Waals surface area contributed by atoms with Crippen LogP contribution in [0.1, 0.15) is 12.8 Å². The molecule has 116 valence electrons. The molecule has 6 nitrogen and oxygen atoms in total. The van der Waals surface area contributed by atoms with E-state index in [4.69, 9.17) is 4.74 Å². The van der Waals surface area contributed by atoms with Crippen LogP contribution in [0.3, 0.4) is 0 Å². The summed E-state index contributed by atoms with van der Waals surface area (Å²) in [5, 5.41) is 13.1. The standard InChI is InChI=1S/C14H20BrN3O3/c1-18(10-14(20)4-6-21-7-5-14)9-13(19)17-12-3-2-11(15)8-16-12/h2-3,8,20H,4-7,9-10H2,1H3,(H,16,17,19). The van der Waals surface area contributed by atoms with Gasteiger partial charge in [-0.25, -0.2) is 4.98 Å². The third kappa shape index (κ3) is 5.35. The summed E-state index contributed by atoms with van der Waals surface area (Å²) in [5.74, 6) is 0.365. The number of halogens is 1. The predicted molar refractivity (Wildman–Crippen MR) is 83.1 cm³/mol. The lowest BCUT2D eigenvalue weighted by molar-refractivity contribution is -0.118. The first-order valence-electron chi connectivity index (χ1n) is 6.87. The third-order valence-electron chi connectivity index (χ3n) is 3.40. The molecule has 1 amide bonds. The van der Waals surface area contributed by atoms with E-state index >= 15 is 0 Å². The minimum absolute atomic E-state index is 0.150. The van der Waals surface area contributed by atoms with Gasteiger partial charge in [0, 0.05) is 43.3 Å². The first-order chi connectivity index (χ1) is 9.97. The van der Waals surface area contributed by atoms with Crippen LogP contribution in [0.2, 0.25) is 0 Å². The molecule has 1 fully saturated rings. The summed E-state index contributed by atoms with van der Waals surface area (Å²) in [6.45, 7) is 1.80. The number of nitrogens with one attached hydrogen (secondary N) is 1. The molecule has 7 heteroatoms. The number of aromatic nitrogens is 1. The number of carbonyl (C=O) groups is 1. The lowest BCUT2D eigenvalue weighted by atomic mass is 9.94. The Hall–Kier alpha value is -1.02. The van der Waals surface area contributed by atoms with Crippen molar-refractivity contribution in [3.63, 3.8) is 0 Å². The molecule has 0 spiro atoms. The lowest BCUT2D eigenvalue weighted by Crippen LogP contribution is -2.47. The van der Waals surface area contributed by atoms with Crippen LogP contribution in [-0.4, -0.2) is 59.8 Å². The van der Waals surface area contributed by atoms with Gasteiger partial charge in [0.25, 0.3) is 0 Å². The first-order valence-corrected chi connectivity index (χ1v) is 7.66. The number of anilines is 1. The number of aliphatic hydroxyl groups is 1. The predicted octanol–water partition coefficient (Wildman–Crippen LogP) is 1.26. The van der Waals surface area contributed by atoms with Crippen LogP contribution < -0.4 is 5.32 Å². The Labute approximate surface area is 132 Å². The molecular formula is C14H20BrN3O3. The van der Waals surface area contributed by atoms with Crippen molar-refractivity contribution >= 4 is 27.7 Å². The van der Waals surface area contributed by atoms with E-state index in [1.807, 2.05) is 18.0 Å². The number of hydrogen-bond acceptors (Lipinski definition) is 5. The van der Waals surface area contributed by atoms with Crippen LogP contribution in [0, 0.1) is 0 Å². The molecule has 1 saturated heterocycles. The van der Waals surface area contributed by atoms with Crippen LogP contribution in [0.5, 0.6) is 0 Å². The highest BCUT2D eigenvalue weighted by atomic mass is 79.9. The topological polar surface area (TPSA) is 74.7 Å². The lowest BCUT2D eigenvalue weighted by Gasteiger charge is -2.35. The number of amides is 1. The van der Waals surface area contributed by atoms with Gasteiger partial charge >= 0.3 is 0 Å². The van der Waals surface area contributed by atoms with Gasteiger partial charge in [0.15, 0.2) is 0 Å². The molecule has 1 aromatic rings. The molecule has 2 rings (SSSR count). The van der Waals surface area contributed by atoms with Crippen molar-refractivity contribution < 1.29 is 14.6 Å². The van der Waals surface area contributed by atoms with Gasteiger partial charge in [-0.3, -0.25) is 9.69 Å². The number of pyridine rings is 1. The van der Waals surface area contributed by atoms with E-state index in [-0.39, 0.29) is 12.5 Å². The molecule has 2 heterocycles. The molecule has 1 aliphatic heterocycles. The maximum Gasteiger partial charge on any atom is 0.239 e. The van der Waals surface area contributed by atoms with E-state index in [9.17, 15) is 9.90 Å². The van der Waals surface area contributed by atoms with Crippen LogP contribution >= 0.6 is 15.9 Å². The zero-order chi connectivity index (χ0) is 15.3. The number of likely N-dealkylation sites (N-methyl/N-ethyl adjacent to an activating group) is 1. The van der Waals surface area contributed by atoms with Crippen LogP contribution in [0.25, 0.3) is 0 Å². The molecule has 0 radical (unpaired) electrons. The highest BCUT2D eigenvalue weighted by molar-refractivity contribution is 9.10. The van der Waals surface area contributed by atoms with Gasteiger partial charge in [0.2, 0.25) is 5.91 Å². The smallest absolute Gasteiger partial charge is 0.239 e. The molecule has 1 aliphatic rings. The Morgan fingerprint density at radius 2 is 2.24 bits per heavy atom. The van der Waals surface area contributed by atoms with Crippen molar-refractivity contribution in [3.8, 4) is 0 Å². The normalized spacial score (nSPS) is 17.7. The molecule has 0 aromatic carbocycles. The first kappa shape index (κ1) is 16.4. The fraction of sp³-hybridized carbons (Fsp3) is 0.571. The summed E-state index contributed by atoms with van der Waals surface area (Å²) in [6.07, 6.45) is 2.84. The van der Waals surface area contributed by atoms with Crippen molar-refractivity contribution in [2.75, 3.05) is 38.7 Å². The summed E-state index contributed by atoms with van der Waals surface area (Å²) in [5.41, 5.74) is -0.761. The van der Waals surface area contributed by atoms with Crippen molar-refractivity contribution in [1.29, 1.82) is 0 Å². The van der Waals surface area contributed by atoms with E-state index in [0.717, 1.165) is 4.47 Å². The van der Waals surface area contributed by atoms with Gasteiger partial charge in [0.1, 0.15) is 5.82 Å². The molecule has 0 unspecified atom stereocenters. The minimum atomic E-state index is -0.761. The van der Waals surface area contributed by atoms with E-state index in [2.05, 4.69) is 26.2 Å². The zero-order valence-corrected chi connectivity index (χ0v) is 13.6. The maximum absolute atomic E-state index is 11.9. The number of hydrogen-bond donors (Lipinski definition) is 2. The van der Waals surface area contributed by atoms with Gasteiger partial charge in [-0.2, -0.15) is 0 Å². The Balaban J connectivity index is 1.80. The Morgan fingerprint density at radius 3 is 2.86 bits per heavy atom. The van der Waals surface area contributed by atoms with Crippen molar-refractivity contribution in [1.82, 2.24) is 9.88 Å². The van der Waals surface area contributed by atoms with E-state index in [0.29, 0.717) is 38.4 Å². The van der Waals surface area contributed by atoms with Crippen LogP contribution in [0.15, 0.2) is 22.8 Å². The average molecular weight is 358 g/mol. The van der Waals surface area contributed by atoms with Gasteiger partial charge in [-0.1, -0.05) is 0 Å². The summed E-state index contributed by atoms with van der Waals surface area (Å²) >= 11 is 3.29. The van der Waals surface area contributed by atoms with Gasteiger partial charge in [0.05, 0.1) is 12.1 Å². The van der Waals surface area contributed by atoms with Gasteiger partial charge in [-0.15, -0.1) is 0 Å². The van der Waals surface area contributed by atoms with Gasteiger partial charge < -0.3 is 15.2 Å². The number of carbonyl (C=O) groups excluding carboxylic acids is 1. The number of nitrogens with zero attached hydrogens (tertiary/aromatic N) is 2. The van der Waals surface area contributed by atoms with Crippen LogP contribution in [-0.2, 0) is 9.53 Å². The maximum atomic E-state index is 11.9. The number of ether oxygens (including phenoxy) is 1. The Kier molecular flexibility index (Phi) is 5.69. The van der Waals surface area contributed by atoms with Crippen LogP contribution in [0.4, 0.5) is 5.82 Å². The molecule has 21 heavy (non-hydrogen) atoms. The zero-order valence-electron chi connectivity index (χ0n) is 12.0. The second kappa shape index (κ2) is 7.31. The molecule has 0 saturated carbocycles. The van der Waals surface area contributed by atoms with E-state index < -0.39 is 5.60 Å². The van der Waals surface area contributed by atoms with Gasteiger partial charge in [-0.05, 0) is 35.1 Å². The molecule has 0 atom stereocenters. The minimum Gasteiger partial charge on any atom is -0.388 e. The monoisotopic (exact) mass is 357 g/mol. The van der Waals surface area contributed by atoms with Crippen molar-refractivity contribution in [3.05, 3.63) is 22.8 Å². The fourth-order valence-corrected chi connectivity index (χ4v) is 2.58. The molecule has 1 aromatic heterocycles. The molecule has 0 bridgehead atoms. The largest absolute Gasteiger partial charge is 0.388 e. The highest BCUT2D eigenvalue weighted by Gasteiger charge is 2.31. The average Bonchev–Trinajstić information content (AvgIpc) is 2.41. The second-order valence-electron chi connectivity index (χ2n) is 5.42. The van der Waals surface area contributed by atoms with E-state index in [1.54, 1.807) is 12.3 Å². The fourth-order valence-electron chi connectivity index (χ4n) is 2.35. The van der Waals surface area contributed by atoms with Crippen molar-refractivity contribution in [2.24, 2.45) is 0 Å². The highest BCUT2D eigenvalue weighted by Crippen LogP contribution is 2.21.